The van der Waals surface area contributed by atoms with Gasteiger partial charge in [-0.05, 0) is 36.6 Å². The van der Waals surface area contributed by atoms with Crippen molar-refractivity contribution in [1.82, 2.24) is 5.32 Å². The van der Waals surface area contributed by atoms with Crippen molar-refractivity contribution >= 4 is 29.2 Å². The van der Waals surface area contributed by atoms with E-state index in [1.807, 2.05) is 37.3 Å². The molecule has 0 aromatic heterocycles. The first-order valence-corrected chi connectivity index (χ1v) is 8.35. The molecule has 0 heterocycles. The Morgan fingerprint density at radius 3 is 2.48 bits per heavy atom. The van der Waals surface area contributed by atoms with E-state index in [9.17, 15) is 9.59 Å². The molecule has 0 bridgehead atoms. The first-order valence-electron chi connectivity index (χ1n) is 7.97. The third-order valence-corrected chi connectivity index (χ3v) is 4.18. The summed E-state index contributed by atoms with van der Waals surface area (Å²) in [6, 6.07) is 14.3. The first-order chi connectivity index (χ1) is 11.9. The zero-order chi connectivity index (χ0) is 18.4. The summed E-state index contributed by atoms with van der Waals surface area (Å²) < 4.78 is 5.18. The fourth-order valence-electron chi connectivity index (χ4n) is 2.25. The molecule has 0 radical (unpaired) electrons. The van der Waals surface area contributed by atoms with Gasteiger partial charge in [-0.25, -0.2) is 4.79 Å². The zero-order valence-corrected chi connectivity index (χ0v) is 14.9. The molecule has 0 saturated carbocycles. The summed E-state index contributed by atoms with van der Waals surface area (Å²) in [6.45, 7) is 4.00. The van der Waals surface area contributed by atoms with Crippen molar-refractivity contribution < 1.29 is 14.3 Å². The average molecular weight is 361 g/mol. The number of nitrogens with one attached hydrogen (secondary N) is 1. The van der Waals surface area contributed by atoms with Crippen LogP contribution in [0.4, 0.5) is 5.69 Å². The lowest BCUT2D eigenvalue weighted by Gasteiger charge is -2.17. The molecule has 2 aromatic rings. The fraction of sp³-hybridized carbons (Fsp3) is 0.263. The molecular weight excluding hydrogens is 340 g/mol. The van der Waals surface area contributed by atoms with Crippen molar-refractivity contribution in [3.8, 4) is 0 Å². The quantitative estimate of drug-likeness (QED) is 0.611. The number of rotatable bonds is 6. The predicted molar refractivity (Wildman–Crippen MR) is 98.6 cm³/mol. The second kappa shape index (κ2) is 8.53. The van der Waals surface area contributed by atoms with Crippen LogP contribution in [0, 0.1) is 0 Å². The highest BCUT2D eigenvalue weighted by molar-refractivity contribution is 6.33. The number of hydrogen-bond acceptors (Lipinski definition) is 4. The van der Waals surface area contributed by atoms with E-state index in [1.165, 1.54) is 25.1 Å². The summed E-state index contributed by atoms with van der Waals surface area (Å²) in [5.74, 6) is -0.815. The lowest BCUT2D eigenvalue weighted by molar-refractivity contribution is -0.129. The molecule has 25 heavy (non-hydrogen) atoms. The first kappa shape index (κ1) is 18.8. The standard InChI is InChI=1S/C19H21ClN2O3/c1-12(14-6-4-3-5-7-14)11-22-18(23)13(2)25-19(24)15-8-9-16(20)17(21)10-15/h3-10,12-13H,11,21H2,1-2H3,(H,22,23)/t12-,13+/m0/s1. The lowest BCUT2D eigenvalue weighted by atomic mass is 10.0. The number of carbonyl (C=O) groups is 2. The van der Waals surface area contributed by atoms with Gasteiger partial charge in [-0.15, -0.1) is 0 Å². The van der Waals surface area contributed by atoms with Crippen LogP contribution in [0.5, 0.6) is 0 Å². The summed E-state index contributed by atoms with van der Waals surface area (Å²) in [6.07, 6.45) is -0.910. The molecule has 0 aliphatic heterocycles. The van der Waals surface area contributed by atoms with Crippen LogP contribution in [0.25, 0.3) is 0 Å². The van der Waals surface area contributed by atoms with Crippen LogP contribution in [0.2, 0.25) is 5.02 Å². The third kappa shape index (κ3) is 5.22. The minimum Gasteiger partial charge on any atom is -0.449 e. The lowest BCUT2D eigenvalue weighted by Crippen LogP contribution is -2.37. The highest BCUT2D eigenvalue weighted by Crippen LogP contribution is 2.20. The summed E-state index contributed by atoms with van der Waals surface area (Å²) in [4.78, 5) is 24.2. The number of carbonyl (C=O) groups excluding carboxylic acids is 2. The van der Waals surface area contributed by atoms with Gasteiger partial charge in [0.05, 0.1) is 16.3 Å². The van der Waals surface area contributed by atoms with Gasteiger partial charge in [0.2, 0.25) is 0 Å². The second-order valence-corrected chi connectivity index (χ2v) is 6.25. The Kier molecular flexibility index (Phi) is 6.42. The number of amides is 1. The molecule has 2 rings (SSSR count). The van der Waals surface area contributed by atoms with E-state index in [-0.39, 0.29) is 23.1 Å². The zero-order valence-electron chi connectivity index (χ0n) is 14.2. The van der Waals surface area contributed by atoms with Gasteiger partial charge < -0.3 is 15.8 Å². The number of halogens is 1. The molecular formula is C19H21ClN2O3. The largest absolute Gasteiger partial charge is 0.449 e. The number of nitrogens with two attached hydrogens (primary N) is 1. The van der Waals surface area contributed by atoms with E-state index in [1.54, 1.807) is 0 Å². The van der Waals surface area contributed by atoms with E-state index in [2.05, 4.69) is 5.32 Å². The Hall–Kier alpha value is -2.53. The number of esters is 1. The van der Waals surface area contributed by atoms with E-state index < -0.39 is 12.1 Å². The van der Waals surface area contributed by atoms with Gasteiger partial charge >= 0.3 is 5.97 Å². The maximum absolute atomic E-state index is 12.1. The van der Waals surface area contributed by atoms with E-state index in [4.69, 9.17) is 22.1 Å². The number of anilines is 1. The Labute approximate surface area is 152 Å². The highest BCUT2D eigenvalue weighted by atomic mass is 35.5. The molecule has 0 aliphatic rings. The second-order valence-electron chi connectivity index (χ2n) is 5.84. The van der Waals surface area contributed by atoms with Crippen molar-refractivity contribution in [3.05, 3.63) is 64.7 Å². The van der Waals surface area contributed by atoms with Gasteiger partial charge in [0.15, 0.2) is 6.10 Å². The molecule has 2 atom stereocenters. The smallest absolute Gasteiger partial charge is 0.338 e. The number of ether oxygens (including phenoxy) is 1. The van der Waals surface area contributed by atoms with Crippen LogP contribution in [0.15, 0.2) is 48.5 Å². The molecule has 6 heteroatoms. The van der Waals surface area contributed by atoms with Crippen LogP contribution in [-0.4, -0.2) is 24.5 Å². The van der Waals surface area contributed by atoms with Crippen LogP contribution >= 0.6 is 11.6 Å². The van der Waals surface area contributed by atoms with Gasteiger partial charge in [0, 0.05) is 6.54 Å². The Morgan fingerprint density at radius 2 is 1.84 bits per heavy atom. The maximum Gasteiger partial charge on any atom is 0.338 e. The highest BCUT2D eigenvalue weighted by Gasteiger charge is 2.20. The summed E-state index contributed by atoms with van der Waals surface area (Å²) >= 11 is 5.82. The van der Waals surface area contributed by atoms with E-state index in [0.29, 0.717) is 11.6 Å². The van der Waals surface area contributed by atoms with Crippen molar-refractivity contribution in [2.45, 2.75) is 25.9 Å². The molecule has 0 aliphatic carbocycles. The van der Waals surface area contributed by atoms with Crippen LogP contribution < -0.4 is 11.1 Å². The third-order valence-electron chi connectivity index (χ3n) is 3.84. The van der Waals surface area contributed by atoms with Crippen molar-refractivity contribution in [2.24, 2.45) is 0 Å². The normalized spacial score (nSPS) is 12.9. The maximum atomic E-state index is 12.1. The van der Waals surface area contributed by atoms with Gasteiger partial charge in [-0.3, -0.25) is 4.79 Å². The molecule has 3 N–H and O–H groups in total. The Morgan fingerprint density at radius 1 is 1.16 bits per heavy atom. The van der Waals surface area contributed by atoms with Gasteiger partial charge in [0.1, 0.15) is 0 Å². The topological polar surface area (TPSA) is 81.4 Å². The molecule has 2 aromatic carbocycles. The van der Waals surface area contributed by atoms with Crippen LogP contribution in [-0.2, 0) is 9.53 Å². The number of nitrogen functional groups attached to an aromatic ring is 1. The summed E-state index contributed by atoms with van der Waals surface area (Å²) in [5.41, 5.74) is 7.33. The van der Waals surface area contributed by atoms with Gasteiger partial charge in [-0.1, -0.05) is 48.9 Å². The van der Waals surface area contributed by atoms with Gasteiger partial charge in [0.25, 0.3) is 5.91 Å². The van der Waals surface area contributed by atoms with E-state index >= 15 is 0 Å². The van der Waals surface area contributed by atoms with Crippen LogP contribution in [0.3, 0.4) is 0 Å². The monoisotopic (exact) mass is 360 g/mol. The molecule has 0 fully saturated rings. The molecule has 1 amide bonds. The molecule has 0 unspecified atom stereocenters. The average Bonchev–Trinajstić information content (AvgIpc) is 2.62. The van der Waals surface area contributed by atoms with Crippen molar-refractivity contribution in [3.63, 3.8) is 0 Å². The molecule has 132 valence electrons. The number of benzene rings is 2. The minimum atomic E-state index is -0.910. The van der Waals surface area contributed by atoms with E-state index in [0.717, 1.165) is 5.56 Å². The predicted octanol–water partition coefficient (Wildman–Crippen LogP) is 3.39. The fourth-order valence-corrected chi connectivity index (χ4v) is 2.37. The Balaban J connectivity index is 1.87. The molecule has 5 nitrogen and oxygen atoms in total. The SMILES string of the molecule is C[C@@H](OC(=O)c1ccc(Cl)c(N)c1)C(=O)NC[C@H](C)c1ccccc1. The Bertz CT molecular complexity index is 750. The van der Waals surface area contributed by atoms with Gasteiger partial charge in [-0.2, -0.15) is 0 Å². The summed E-state index contributed by atoms with van der Waals surface area (Å²) in [7, 11) is 0. The summed E-state index contributed by atoms with van der Waals surface area (Å²) in [5, 5.41) is 3.15. The number of hydrogen-bond donors (Lipinski definition) is 2. The molecule has 0 saturated heterocycles. The van der Waals surface area contributed by atoms with Crippen molar-refractivity contribution in [1.29, 1.82) is 0 Å². The minimum absolute atomic E-state index is 0.157. The van der Waals surface area contributed by atoms with Crippen molar-refractivity contribution in [2.75, 3.05) is 12.3 Å². The van der Waals surface area contributed by atoms with Crippen LogP contribution in [0.1, 0.15) is 35.7 Å². The molecule has 0 spiro atoms.